The molecule has 0 bridgehead atoms. The summed E-state index contributed by atoms with van der Waals surface area (Å²) in [5, 5.41) is 26.8. The van der Waals surface area contributed by atoms with Crippen LogP contribution < -0.4 is 0 Å². The molecule has 0 saturated heterocycles. The number of aromatic nitrogens is 2. The van der Waals surface area contributed by atoms with Gasteiger partial charge in [-0.15, -0.1) is 0 Å². The van der Waals surface area contributed by atoms with Crippen LogP contribution in [0.4, 0.5) is 0 Å². The number of para-hydroxylation sites is 4. The van der Waals surface area contributed by atoms with E-state index in [1.54, 1.807) is 0 Å². The van der Waals surface area contributed by atoms with Crippen molar-refractivity contribution in [2.75, 3.05) is 0 Å². The molecule has 3 aromatic heterocycles. The van der Waals surface area contributed by atoms with Gasteiger partial charge in [0.2, 0.25) is 0 Å². The average molecular weight is 625 g/mol. The van der Waals surface area contributed by atoms with E-state index in [-0.39, 0.29) is 0 Å². The maximum Gasteiger partial charge on any atom is 0.136 e. The van der Waals surface area contributed by atoms with Crippen molar-refractivity contribution in [3.8, 4) is 34.6 Å². The normalized spacial score (nSPS) is 11.6. The van der Waals surface area contributed by atoms with Crippen molar-refractivity contribution >= 4 is 65.6 Å². The third-order valence-electron chi connectivity index (χ3n) is 9.78. The van der Waals surface area contributed by atoms with Crippen molar-refractivity contribution in [1.29, 1.82) is 10.5 Å². The molecule has 0 fully saturated rings. The standard InChI is InChI=1S/C44H24N4O/c45-25-27-17-19-32(40(21-27)47-37-13-5-1-9-29(37)30-10-2-6-14-38(30)47)33-20-18-28(26-46)22-41(33)48-39-15-7-3-11-31(39)35-24-44-36(23-42(35)48)34-12-4-8-16-43(34)49-44/h1-24H. The van der Waals surface area contributed by atoms with Crippen molar-refractivity contribution in [3.05, 3.63) is 157 Å². The van der Waals surface area contributed by atoms with Crippen LogP contribution >= 0.6 is 0 Å². The van der Waals surface area contributed by atoms with Gasteiger partial charge in [0.25, 0.3) is 0 Å². The molecule has 0 atom stereocenters. The highest BCUT2D eigenvalue weighted by atomic mass is 16.3. The van der Waals surface area contributed by atoms with Gasteiger partial charge >= 0.3 is 0 Å². The van der Waals surface area contributed by atoms with E-state index in [1.807, 2.05) is 54.6 Å². The number of furan rings is 1. The molecule has 0 aliphatic heterocycles. The fourth-order valence-corrected chi connectivity index (χ4v) is 7.66. The van der Waals surface area contributed by atoms with Crippen molar-refractivity contribution in [3.63, 3.8) is 0 Å². The minimum atomic E-state index is 0.562. The molecule has 0 N–H and O–H groups in total. The predicted octanol–water partition coefficient (Wildman–Crippen LogP) is 11.2. The molecule has 10 aromatic rings. The van der Waals surface area contributed by atoms with E-state index in [0.717, 1.165) is 88.1 Å². The molecule has 0 aliphatic rings. The molecule has 0 amide bonds. The second-order valence-electron chi connectivity index (χ2n) is 12.4. The van der Waals surface area contributed by atoms with E-state index in [0.29, 0.717) is 11.1 Å². The molecular weight excluding hydrogens is 601 g/mol. The van der Waals surface area contributed by atoms with E-state index in [4.69, 9.17) is 4.42 Å². The molecule has 5 heteroatoms. The Morgan fingerprint density at radius 3 is 1.41 bits per heavy atom. The molecule has 0 spiro atoms. The Hall–Kier alpha value is -7.08. The number of hydrogen-bond donors (Lipinski definition) is 0. The second-order valence-corrected chi connectivity index (χ2v) is 12.4. The van der Waals surface area contributed by atoms with Crippen LogP contribution in [-0.4, -0.2) is 9.13 Å². The summed E-state index contributed by atoms with van der Waals surface area (Å²) in [6, 6.07) is 54.2. The Labute approximate surface area is 280 Å². The van der Waals surface area contributed by atoms with Crippen LogP contribution in [0.2, 0.25) is 0 Å². The zero-order chi connectivity index (χ0) is 32.6. The van der Waals surface area contributed by atoms with Gasteiger partial charge in [-0.3, -0.25) is 0 Å². The van der Waals surface area contributed by atoms with Crippen molar-refractivity contribution < 1.29 is 4.42 Å². The molecule has 49 heavy (non-hydrogen) atoms. The summed E-state index contributed by atoms with van der Waals surface area (Å²) in [6.45, 7) is 0. The number of hydrogen-bond acceptors (Lipinski definition) is 3. The number of benzene rings is 7. The summed E-state index contributed by atoms with van der Waals surface area (Å²) in [6.07, 6.45) is 0. The third kappa shape index (κ3) is 3.85. The van der Waals surface area contributed by atoms with Gasteiger partial charge in [0.05, 0.1) is 56.7 Å². The van der Waals surface area contributed by atoms with Gasteiger partial charge in [0.15, 0.2) is 0 Å². The zero-order valence-electron chi connectivity index (χ0n) is 26.1. The fraction of sp³-hybridized carbons (Fsp3) is 0. The fourth-order valence-electron chi connectivity index (χ4n) is 7.66. The first-order valence-electron chi connectivity index (χ1n) is 16.1. The predicted molar refractivity (Wildman–Crippen MR) is 197 cm³/mol. The SMILES string of the molecule is N#Cc1ccc(-c2ccc(C#N)cc2-n2c3ccccc3c3cc4oc5ccccc5c4cc32)c(-n2c3ccccc3c3ccccc32)c1. The lowest BCUT2D eigenvalue weighted by molar-refractivity contribution is 0.669. The number of nitrogens with zero attached hydrogens (tertiary/aromatic N) is 4. The van der Waals surface area contributed by atoms with Gasteiger partial charge in [0.1, 0.15) is 11.2 Å². The Bertz CT molecular complexity index is 3030. The van der Waals surface area contributed by atoms with Crippen LogP contribution in [-0.2, 0) is 0 Å². The minimum absolute atomic E-state index is 0.562. The Morgan fingerprint density at radius 1 is 0.388 bits per heavy atom. The van der Waals surface area contributed by atoms with E-state index in [9.17, 15) is 10.5 Å². The first-order chi connectivity index (χ1) is 24.2. The highest BCUT2D eigenvalue weighted by molar-refractivity contribution is 6.17. The average Bonchev–Trinajstić information content (AvgIpc) is 3.80. The lowest BCUT2D eigenvalue weighted by Crippen LogP contribution is -2.02. The summed E-state index contributed by atoms with van der Waals surface area (Å²) in [4.78, 5) is 0. The smallest absolute Gasteiger partial charge is 0.136 e. The third-order valence-corrected chi connectivity index (χ3v) is 9.78. The first-order valence-corrected chi connectivity index (χ1v) is 16.1. The molecule has 10 rings (SSSR count). The van der Waals surface area contributed by atoms with Crippen molar-refractivity contribution in [1.82, 2.24) is 9.13 Å². The van der Waals surface area contributed by atoms with Gasteiger partial charge in [-0.25, -0.2) is 0 Å². The van der Waals surface area contributed by atoms with Crippen LogP contribution in [0.1, 0.15) is 11.1 Å². The van der Waals surface area contributed by atoms with Gasteiger partial charge in [-0.05, 0) is 60.7 Å². The Morgan fingerprint density at radius 2 is 0.857 bits per heavy atom. The maximum atomic E-state index is 10.2. The Kier molecular flexibility index (Phi) is 5.64. The number of rotatable bonds is 3. The molecule has 0 aliphatic carbocycles. The van der Waals surface area contributed by atoms with Crippen LogP contribution in [0.15, 0.2) is 150 Å². The minimum Gasteiger partial charge on any atom is -0.456 e. The quantitative estimate of drug-likeness (QED) is 0.196. The first kappa shape index (κ1) is 27.1. The molecular formula is C44H24N4O. The van der Waals surface area contributed by atoms with E-state index >= 15 is 0 Å². The van der Waals surface area contributed by atoms with E-state index in [2.05, 4.69) is 112 Å². The number of nitriles is 2. The highest BCUT2D eigenvalue weighted by Crippen LogP contribution is 2.43. The summed E-state index contributed by atoms with van der Waals surface area (Å²) in [7, 11) is 0. The zero-order valence-corrected chi connectivity index (χ0v) is 26.1. The van der Waals surface area contributed by atoms with Gasteiger partial charge in [-0.1, -0.05) is 84.9 Å². The summed E-state index contributed by atoms with van der Waals surface area (Å²) in [5.41, 5.74) is 10.6. The summed E-state index contributed by atoms with van der Waals surface area (Å²) < 4.78 is 10.9. The van der Waals surface area contributed by atoms with Crippen molar-refractivity contribution in [2.24, 2.45) is 0 Å². The van der Waals surface area contributed by atoms with Crippen LogP contribution in [0.3, 0.4) is 0 Å². The molecule has 0 saturated carbocycles. The van der Waals surface area contributed by atoms with Crippen LogP contribution in [0.25, 0.3) is 88.1 Å². The lowest BCUT2D eigenvalue weighted by atomic mass is 9.97. The molecule has 5 nitrogen and oxygen atoms in total. The lowest BCUT2D eigenvalue weighted by Gasteiger charge is -2.19. The Balaban J connectivity index is 1.34. The molecule has 0 radical (unpaired) electrons. The topological polar surface area (TPSA) is 70.6 Å². The van der Waals surface area contributed by atoms with E-state index < -0.39 is 0 Å². The molecule has 0 unspecified atom stereocenters. The van der Waals surface area contributed by atoms with Crippen LogP contribution in [0, 0.1) is 22.7 Å². The summed E-state index contributed by atoms with van der Waals surface area (Å²) >= 11 is 0. The number of fused-ring (bicyclic) bond motifs is 9. The second kappa shape index (κ2) is 10.2. The van der Waals surface area contributed by atoms with Gasteiger partial charge in [-0.2, -0.15) is 10.5 Å². The molecule has 226 valence electrons. The maximum absolute atomic E-state index is 10.2. The van der Waals surface area contributed by atoms with Crippen molar-refractivity contribution in [2.45, 2.75) is 0 Å². The summed E-state index contributed by atoms with van der Waals surface area (Å²) in [5.74, 6) is 0. The van der Waals surface area contributed by atoms with Gasteiger partial charge in [0, 0.05) is 43.4 Å². The van der Waals surface area contributed by atoms with E-state index in [1.165, 1.54) is 0 Å². The monoisotopic (exact) mass is 624 g/mol. The van der Waals surface area contributed by atoms with Gasteiger partial charge < -0.3 is 13.6 Å². The molecule has 3 heterocycles. The highest BCUT2D eigenvalue weighted by Gasteiger charge is 2.22. The largest absolute Gasteiger partial charge is 0.456 e. The molecule has 7 aromatic carbocycles. The van der Waals surface area contributed by atoms with Crippen LogP contribution in [0.5, 0.6) is 0 Å².